The van der Waals surface area contributed by atoms with Gasteiger partial charge in [0.25, 0.3) is 0 Å². The van der Waals surface area contributed by atoms with Gasteiger partial charge in [-0.3, -0.25) is 0 Å². The molecule has 106 valence electrons. The SMILES string of the molecule is CCNc1cc(-c2ccccc2)nc2cc(Cl)cc(Cl)c12. The molecule has 0 spiro atoms. The van der Waals surface area contributed by atoms with E-state index in [1.54, 1.807) is 6.07 Å². The number of aromatic nitrogens is 1. The largest absolute Gasteiger partial charge is 0.385 e. The van der Waals surface area contributed by atoms with E-state index in [1.807, 2.05) is 42.5 Å². The van der Waals surface area contributed by atoms with Gasteiger partial charge in [-0.2, -0.15) is 0 Å². The molecule has 0 saturated heterocycles. The van der Waals surface area contributed by atoms with Crippen molar-refractivity contribution in [2.45, 2.75) is 6.92 Å². The fraction of sp³-hybridized carbons (Fsp3) is 0.118. The third kappa shape index (κ3) is 2.82. The molecular weight excluding hydrogens is 303 g/mol. The van der Waals surface area contributed by atoms with Gasteiger partial charge >= 0.3 is 0 Å². The van der Waals surface area contributed by atoms with E-state index >= 15 is 0 Å². The predicted octanol–water partition coefficient (Wildman–Crippen LogP) is 5.64. The van der Waals surface area contributed by atoms with E-state index in [4.69, 9.17) is 28.2 Å². The van der Waals surface area contributed by atoms with Crippen molar-refractivity contribution in [3.8, 4) is 11.3 Å². The van der Waals surface area contributed by atoms with Crippen LogP contribution in [-0.4, -0.2) is 11.5 Å². The van der Waals surface area contributed by atoms with Gasteiger partial charge < -0.3 is 5.32 Å². The minimum absolute atomic E-state index is 0.590. The van der Waals surface area contributed by atoms with Crippen molar-refractivity contribution in [3.63, 3.8) is 0 Å². The van der Waals surface area contributed by atoms with Crippen LogP contribution in [0.4, 0.5) is 5.69 Å². The number of anilines is 1. The second-order valence-corrected chi connectivity index (χ2v) is 5.58. The molecule has 0 fully saturated rings. The van der Waals surface area contributed by atoms with E-state index in [0.717, 1.165) is 34.4 Å². The van der Waals surface area contributed by atoms with Crippen LogP contribution in [0.1, 0.15) is 6.92 Å². The number of halogens is 2. The van der Waals surface area contributed by atoms with E-state index in [-0.39, 0.29) is 0 Å². The fourth-order valence-corrected chi connectivity index (χ4v) is 2.96. The lowest BCUT2D eigenvalue weighted by Gasteiger charge is -2.12. The Morgan fingerprint density at radius 1 is 1.05 bits per heavy atom. The number of pyridine rings is 1. The summed E-state index contributed by atoms with van der Waals surface area (Å²) in [5, 5.41) is 5.46. The minimum atomic E-state index is 0.590. The number of hydrogen-bond donors (Lipinski definition) is 1. The molecule has 0 atom stereocenters. The Morgan fingerprint density at radius 2 is 1.81 bits per heavy atom. The summed E-state index contributed by atoms with van der Waals surface area (Å²) in [7, 11) is 0. The second-order valence-electron chi connectivity index (χ2n) is 4.73. The molecule has 21 heavy (non-hydrogen) atoms. The Labute approximate surface area is 133 Å². The average Bonchev–Trinajstić information content (AvgIpc) is 2.47. The van der Waals surface area contributed by atoms with Gasteiger partial charge in [0.1, 0.15) is 0 Å². The maximum absolute atomic E-state index is 6.34. The zero-order valence-electron chi connectivity index (χ0n) is 11.5. The molecule has 0 saturated carbocycles. The van der Waals surface area contributed by atoms with E-state index in [0.29, 0.717) is 10.0 Å². The van der Waals surface area contributed by atoms with Crippen molar-refractivity contribution >= 4 is 39.8 Å². The summed E-state index contributed by atoms with van der Waals surface area (Å²) >= 11 is 12.4. The normalized spacial score (nSPS) is 10.8. The van der Waals surface area contributed by atoms with Crippen LogP contribution in [0.2, 0.25) is 10.0 Å². The molecule has 0 aliphatic rings. The third-order valence-electron chi connectivity index (χ3n) is 3.26. The molecule has 0 aliphatic carbocycles. The number of benzene rings is 2. The zero-order chi connectivity index (χ0) is 14.8. The van der Waals surface area contributed by atoms with Gasteiger partial charge in [0, 0.05) is 28.2 Å². The summed E-state index contributed by atoms with van der Waals surface area (Å²) < 4.78 is 0. The Kier molecular flexibility index (Phi) is 4.00. The van der Waals surface area contributed by atoms with Gasteiger partial charge in [-0.25, -0.2) is 4.98 Å². The van der Waals surface area contributed by atoms with E-state index < -0.39 is 0 Å². The van der Waals surface area contributed by atoms with Crippen molar-refractivity contribution in [1.29, 1.82) is 0 Å². The average molecular weight is 317 g/mol. The van der Waals surface area contributed by atoms with E-state index in [1.165, 1.54) is 0 Å². The van der Waals surface area contributed by atoms with E-state index in [9.17, 15) is 0 Å². The highest BCUT2D eigenvalue weighted by molar-refractivity contribution is 6.39. The Morgan fingerprint density at radius 3 is 2.52 bits per heavy atom. The molecule has 1 heterocycles. The number of hydrogen-bond acceptors (Lipinski definition) is 2. The highest BCUT2D eigenvalue weighted by atomic mass is 35.5. The molecule has 1 aromatic heterocycles. The lowest BCUT2D eigenvalue weighted by atomic mass is 10.1. The molecule has 0 aliphatic heterocycles. The fourth-order valence-electron chi connectivity index (χ4n) is 2.37. The van der Waals surface area contributed by atoms with Gasteiger partial charge in [-0.15, -0.1) is 0 Å². The zero-order valence-corrected chi connectivity index (χ0v) is 13.0. The van der Waals surface area contributed by atoms with Gasteiger partial charge in [0.15, 0.2) is 0 Å². The van der Waals surface area contributed by atoms with Gasteiger partial charge in [-0.1, -0.05) is 53.5 Å². The third-order valence-corrected chi connectivity index (χ3v) is 3.78. The van der Waals surface area contributed by atoms with Crippen molar-refractivity contribution < 1.29 is 0 Å². The molecule has 0 unspecified atom stereocenters. The highest BCUT2D eigenvalue weighted by Gasteiger charge is 2.11. The second kappa shape index (κ2) is 5.92. The lowest BCUT2D eigenvalue weighted by molar-refractivity contribution is 1.21. The number of rotatable bonds is 3. The monoisotopic (exact) mass is 316 g/mol. The summed E-state index contributed by atoms with van der Waals surface area (Å²) in [6.07, 6.45) is 0. The van der Waals surface area contributed by atoms with Crippen LogP contribution >= 0.6 is 23.2 Å². The lowest BCUT2D eigenvalue weighted by Crippen LogP contribution is -1.99. The standard InChI is InChI=1S/C17H14Cl2N2/c1-2-20-15-10-14(11-6-4-3-5-7-11)21-16-9-12(18)8-13(19)17(15)16/h3-10H,2H2,1H3,(H,20,21). The summed E-state index contributed by atoms with van der Waals surface area (Å²) in [6, 6.07) is 15.7. The van der Waals surface area contributed by atoms with Crippen LogP contribution in [0, 0.1) is 0 Å². The minimum Gasteiger partial charge on any atom is -0.385 e. The molecular formula is C17H14Cl2N2. The van der Waals surface area contributed by atoms with Crippen LogP contribution in [0.3, 0.4) is 0 Å². The predicted molar refractivity (Wildman–Crippen MR) is 91.4 cm³/mol. The van der Waals surface area contributed by atoms with Crippen LogP contribution in [0.25, 0.3) is 22.2 Å². The molecule has 3 rings (SSSR count). The number of nitrogens with one attached hydrogen (secondary N) is 1. The van der Waals surface area contributed by atoms with Crippen LogP contribution < -0.4 is 5.32 Å². The summed E-state index contributed by atoms with van der Waals surface area (Å²) in [5.74, 6) is 0. The maximum atomic E-state index is 6.34. The first-order valence-electron chi connectivity index (χ1n) is 6.78. The van der Waals surface area contributed by atoms with Crippen LogP contribution in [0.15, 0.2) is 48.5 Å². The topological polar surface area (TPSA) is 24.9 Å². The van der Waals surface area contributed by atoms with Crippen molar-refractivity contribution in [1.82, 2.24) is 4.98 Å². The molecule has 0 amide bonds. The Bertz CT molecular complexity index is 786. The number of fused-ring (bicyclic) bond motifs is 1. The van der Waals surface area contributed by atoms with Gasteiger partial charge in [-0.05, 0) is 25.1 Å². The molecule has 0 radical (unpaired) electrons. The quantitative estimate of drug-likeness (QED) is 0.676. The summed E-state index contributed by atoms with van der Waals surface area (Å²) in [6.45, 7) is 2.87. The van der Waals surface area contributed by atoms with E-state index in [2.05, 4.69) is 12.2 Å². The van der Waals surface area contributed by atoms with Crippen molar-refractivity contribution in [3.05, 3.63) is 58.6 Å². The molecule has 0 bridgehead atoms. The van der Waals surface area contributed by atoms with Gasteiger partial charge in [0.2, 0.25) is 0 Å². The van der Waals surface area contributed by atoms with Crippen LogP contribution in [0.5, 0.6) is 0 Å². The molecule has 2 nitrogen and oxygen atoms in total. The molecule has 2 aromatic carbocycles. The first-order chi connectivity index (χ1) is 10.2. The molecule has 4 heteroatoms. The maximum Gasteiger partial charge on any atom is 0.0760 e. The summed E-state index contributed by atoms with van der Waals surface area (Å²) in [4.78, 5) is 4.70. The first-order valence-corrected chi connectivity index (χ1v) is 7.53. The number of nitrogens with zero attached hydrogens (tertiary/aromatic N) is 1. The Hall–Kier alpha value is -1.77. The first kappa shape index (κ1) is 14.2. The molecule has 1 N–H and O–H groups in total. The highest BCUT2D eigenvalue weighted by Crippen LogP contribution is 2.35. The van der Waals surface area contributed by atoms with Gasteiger partial charge in [0.05, 0.1) is 16.2 Å². The Balaban J connectivity index is 2.29. The van der Waals surface area contributed by atoms with Crippen LogP contribution in [-0.2, 0) is 0 Å². The summed E-state index contributed by atoms with van der Waals surface area (Å²) in [5.41, 5.74) is 3.74. The molecule has 3 aromatic rings. The smallest absolute Gasteiger partial charge is 0.0760 e. The van der Waals surface area contributed by atoms with Crippen molar-refractivity contribution in [2.24, 2.45) is 0 Å². The van der Waals surface area contributed by atoms with Crippen molar-refractivity contribution in [2.75, 3.05) is 11.9 Å².